The number of hydrogen-bond acceptors (Lipinski definition) is 3. The summed E-state index contributed by atoms with van der Waals surface area (Å²) in [6.45, 7) is 6.94. The zero-order valence-corrected chi connectivity index (χ0v) is 15.4. The van der Waals surface area contributed by atoms with Crippen LogP contribution in [0.15, 0.2) is 18.2 Å². The van der Waals surface area contributed by atoms with Gasteiger partial charge in [0.15, 0.2) is 0 Å². The minimum absolute atomic E-state index is 0.0205. The molecular weight excluding hydrogens is 312 g/mol. The summed E-state index contributed by atoms with van der Waals surface area (Å²) in [5.74, 6) is -0.0205. The number of carbonyl (C=O) groups excluding carboxylic acids is 1. The third-order valence-corrected chi connectivity index (χ3v) is 5.04. The largest absolute Gasteiger partial charge is 0.356 e. The van der Waals surface area contributed by atoms with Crippen LogP contribution >= 0.6 is 0 Å². The van der Waals surface area contributed by atoms with Gasteiger partial charge in [-0.25, -0.2) is 8.42 Å². The molecule has 1 rings (SSSR count). The number of sulfonamides is 1. The highest BCUT2D eigenvalue weighted by atomic mass is 32.2. The van der Waals surface area contributed by atoms with Crippen molar-refractivity contribution in [1.29, 1.82) is 0 Å². The molecule has 23 heavy (non-hydrogen) atoms. The fourth-order valence-corrected chi connectivity index (χ4v) is 3.36. The van der Waals surface area contributed by atoms with Crippen LogP contribution in [0, 0.1) is 13.8 Å². The van der Waals surface area contributed by atoms with E-state index in [0.717, 1.165) is 24.0 Å². The van der Waals surface area contributed by atoms with Gasteiger partial charge in [-0.3, -0.25) is 9.10 Å². The Kier molecular flexibility index (Phi) is 7.55. The van der Waals surface area contributed by atoms with Crippen molar-refractivity contribution in [3.8, 4) is 0 Å². The maximum atomic E-state index is 12.1. The number of nitrogens with zero attached hydrogens (tertiary/aromatic N) is 1. The van der Waals surface area contributed by atoms with E-state index in [-0.39, 0.29) is 5.91 Å². The molecule has 0 spiro atoms. The molecule has 0 bridgehead atoms. The minimum Gasteiger partial charge on any atom is -0.356 e. The van der Waals surface area contributed by atoms with Gasteiger partial charge >= 0.3 is 0 Å². The van der Waals surface area contributed by atoms with Crippen molar-refractivity contribution >= 4 is 21.6 Å². The van der Waals surface area contributed by atoms with Gasteiger partial charge in [0.25, 0.3) is 0 Å². The summed E-state index contributed by atoms with van der Waals surface area (Å²) >= 11 is 0. The molecule has 0 heterocycles. The smallest absolute Gasteiger partial charge is 0.232 e. The molecule has 0 aliphatic rings. The Bertz CT molecular complexity index is 627. The number of carbonyl (C=O) groups is 1. The Morgan fingerprint density at radius 3 is 2.52 bits per heavy atom. The zero-order valence-electron chi connectivity index (χ0n) is 14.6. The van der Waals surface area contributed by atoms with E-state index in [9.17, 15) is 13.2 Å². The third-order valence-electron chi connectivity index (χ3n) is 3.86. The van der Waals surface area contributed by atoms with Crippen molar-refractivity contribution in [3.05, 3.63) is 29.3 Å². The number of anilines is 1. The molecule has 1 aromatic rings. The fraction of sp³-hybridized carbons (Fsp3) is 0.588. The van der Waals surface area contributed by atoms with Gasteiger partial charge in [-0.15, -0.1) is 0 Å². The van der Waals surface area contributed by atoms with Crippen LogP contribution in [-0.4, -0.2) is 33.7 Å². The van der Waals surface area contributed by atoms with Gasteiger partial charge in [-0.05, 0) is 43.9 Å². The van der Waals surface area contributed by atoms with Crippen molar-refractivity contribution in [2.45, 2.75) is 46.5 Å². The number of rotatable bonds is 9. The molecule has 0 unspecified atom stereocenters. The van der Waals surface area contributed by atoms with E-state index in [1.54, 1.807) is 0 Å². The lowest BCUT2D eigenvalue weighted by molar-refractivity contribution is -0.121. The molecule has 0 saturated heterocycles. The monoisotopic (exact) mass is 340 g/mol. The van der Waals surface area contributed by atoms with Crippen LogP contribution in [0.3, 0.4) is 0 Å². The second-order valence-electron chi connectivity index (χ2n) is 5.86. The molecule has 1 aromatic carbocycles. The molecule has 1 N–H and O–H groups in total. The highest BCUT2D eigenvalue weighted by Crippen LogP contribution is 2.25. The number of amides is 1. The third kappa shape index (κ3) is 6.22. The Labute approximate surface area is 140 Å². The lowest BCUT2D eigenvalue weighted by Crippen LogP contribution is -2.33. The van der Waals surface area contributed by atoms with Gasteiger partial charge in [0.1, 0.15) is 0 Å². The number of hydrogen-bond donors (Lipinski definition) is 1. The van der Waals surface area contributed by atoms with Gasteiger partial charge in [0.05, 0.1) is 11.9 Å². The van der Waals surface area contributed by atoms with Gasteiger partial charge in [0.2, 0.25) is 15.9 Å². The highest BCUT2D eigenvalue weighted by Gasteiger charge is 2.19. The van der Waals surface area contributed by atoms with Crippen LogP contribution in [0.4, 0.5) is 5.69 Å². The van der Waals surface area contributed by atoms with Crippen LogP contribution in [0.1, 0.15) is 43.7 Å². The number of nitrogens with one attached hydrogen (secondary N) is 1. The molecule has 0 atom stereocenters. The summed E-state index contributed by atoms with van der Waals surface area (Å²) in [7, 11) is -3.37. The average Bonchev–Trinajstić information content (AvgIpc) is 2.46. The Hall–Kier alpha value is -1.56. The molecule has 0 aliphatic carbocycles. The molecule has 130 valence electrons. The molecule has 5 nitrogen and oxygen atoms in total. The topological polar surface area (TPSA) is 66.5 Å². The van der Waals surface area contributed by atoms with Crippen molar-refractivity contribution in [2.24, 2.45) is 0 Å². The second kappa shape index (κ2) is 8.91. The van der Waals surface area contributed by atoms with Gasteiger partial charge in [-0.1, -0.05) is 25.5 Å². The first-order valence-electron chi connectivity index (χ1n) is 8.08. The minimum atomic E-state index is -3.37. The Morgan fingerprint density at radius 2 is 1.91 bits per heavy atom. The molecule has 0 saturated carbocycles. The summed E-state index contributed by atoms with van der Waals surface area (Å²) in [4.78, 5) is 11.7. The van der Waals surface area contributed by atoms with Gasteiger partial charge in [-0.2, -0.15) is 0 Å². The first kappa shape index (κ1) is 19.5. The maximum Gasteiger partial charge on any atom is 0.232 e. The maximum absolute atomic E-state index is 12.1. The molecule has 0 aromatic heterocycles. The predicted molar refractivity (Wildman–Crippen MR) is 95.3 cm³/mol. The van der Waals surface area contributed by atoms with Gasteiger partial charge < -0.3 is 5.32 Å². The lowest BCUT2D eigenvalue weighted by atomic mass is 10.1. The van der Waals surface area contributed by atoms with E-state index < -0.39 is 10.0 Å². The van der Waals surface area contributed by atoms with Crippen molar-refractivity contribution in [2.75, 3.05) is 23.7 Å². The van der Waals surface area contributed by atoms with E-state index in [0.29, 0.717) is 31.6 Å². The molecule has 1 amide bonds. The Morgan fingerprint density at radius 1 is 1.22 bits per heavy atom. The van der Waals surface area contributed by atoms with Crippen LogP contribution < -0.4 is 9.62 Å². The zero-order chi connectivity index (χ0) is 17.5. The highest BCUT2D eigenvalue weighted by molar-refractivity contribution is 7.92. The average molecular weight is 340 g/mol. The van der Waals surface area contributed by atoms with Crippen molar-refractivity contribution < 1.29 is 13.2 Å². The van der Waals surface area contributed by atoms with Crippen molar-refractivity contribution in [1.82, 2.24) is 5.32 Å². The van der Waals surface area contributed by atoms with E-state index in [1.807, 2.05) is 32.0 Å². The Balaban J connectivity index is 2.71. The SMILES string of the molecule is CCCCNC(=O)CCCN(c1cccc(C)c1C)S(C)(=O)=O. The summed E-state index contributed by atoms with van der Waals surface area (Å²) in [6, 6.07) is 5.62. The quantitative estimate of drug-likeness (QED) is 0.703. The first-order chi connectivity index (χ1) is 10.8. The van der Waals surface area contributed by atoms with Crippen molar-refractivity contribution in [3.63, 3.8) is 0 Å². The first-order valence-corrected chi connectivity index (χ1v) is 9.92. The molecule has 0 fully saturated rings. The standard InChI is InChI=1S/C17H28N2O3S/c1-5-6-12-18-17(20)11-8-13-19(23(4,21)22)16-10-7-9-14(2)15(16)3/h7,9-10H,5-6,8,11-13H2,1-4H3,(H,18,20). The van der Waals surface area contributed by atoms with Crippen LogP contribution in [-0.2, 0) is 14.8 Å². The molecule has 0 radical (unpaired) electrons. The summed E-state index contributed by atoms with van der Waals surface area (Å²) in [6.07, 6.45) is 4.04. The van der Waals surface area contributed by atoms with Crippen LogP contribution in [0.25, 0.3) is 0 Å². The lowest BCUT2D eigenvalue weighted by Gasteiger charge is -2.24. The van der Waals surface area contributed by atoms with Gasteiger partial charge in [0, 0.05) is 19.5 Å². The second-order valence-corrected chi connectivity index (χ2v) is 7.77. The summed E-state index contributed by atoms with van der Waals surface area (Å²) in [5.41, 5.74) is 2.69. The normalized spacial score (nSPS) is 11.3. The fourth-order valence-electron chi connectivity index (χ4n) is 2.35. The summed E-state index contributed by atoms with van der Waals surface area (Å²) < 4.78 is 25.6. The molecular formula is C17H28N2O3S. The van der Waals surface area contributed by atoms with E-state index in [1.165, 1.54) is 10.6 Å². The van der Waals surface area contributed by atoms with Crippen LogP contribution in [0.5, 0.6) is 0 Å². The van der Waals surface area contributed by atoms with E-state index in [4.69, 9.17) is 0 Å². The van der Waals surface area contributed by atoms with E-state index in [2.05, 4.69) is 12.2 Å². The predicted octanol–water partition coefficient (Wildman–Crippen LogP) is 2.77. The van der Waals surface area contributed by atoms with E-state index >= 15 is 0 Å². The van der Waals surface area contributed by atoms with Crippen LogP contribution in [0.2, 0.25) is 0 Å². The number of unbranched alkanes of at least 4 members (excludes halogenated alkanes) is 1. The number of benzene rings is 1. The molecule has 6 heteroatoms. The summed E-state index contributed by atoms with van der Waals surface area (Å²) in [5, 5.41) is 2.85. The number of aryl methyl sites for hydroxylation is 1. The molecule has 0 aliphatic heterocycles.